The summed E-state index contributed by atoms with van der Waals surface area (Å²) in [5.41, 5.74) is 1.33. The quantitative estimate of drug-likeness (QED) is 0.0266. The number of phenols is 1. The Morgan fingerprint density at radius 3 is 1.73 bits per heavy atom. The highest BCUT2D eigenvalue weighted by atomic mass is 16.6. The number of para-hydroxylation sites is 1. The number of fused-ring (bicyclic) bond motifs is 1. The SMILES string of the molecule is C[C@@H](O)[C@@H]1NC(=O)[C@H](CCCCNC(=O)OC(C)(C)C)NC(=O)[C@@H](Cc2c[nH]c3ccccc23)NC(=O)[C@H](Cc2ccc(O)cc2)NC(=O)[C@H](CCC(=O)N[C@@H](CCC(=O)NCCCN2C(=O)C=CC2=O)C(=O)NCCCN2C(=O)C=CC2=O)N(C)C(=O)[C@H](Cc2ccccc2)NC1=O. The van der Waals surface area contributed by atoms with Crippen LogP contribution in [0.1, 0.15) is 102 Å². The number of carbonyl (C=O) groups is 14. The van der Waals surface area contributed by atoms with Gasteiger partial charge in [0, 0.05) is 113 Å². The Kier molecular flexibility index (Phi) is 27.5. The third kappa shape index (κ3) is 22.9. The number of H-pyrrole nitrogens is 1. The van der Waals surface area contributed by atoms with Crippen molar-refractivity contribution in [2.24, 2.45) is 0 Å². The lowest BCUT2D eigenvalue weighted by Gasteiger charge is -2.33. The zero-order valence-electron chi connectivity index (χ0n) is 55.9. The van der Waals surface area contributed by atoms with Gasteiger partial charge in [-0.1, -0.05) is 60.7 Å². The molecule has 3 aromatic carbocycles. The van der Waals surface area contributed by atoms with Crippen molar-refractivity contribution in [3.63, 3.8) is 0 Å². The summed E-state index contributed by atoms with van der Waals surface area (Å²) in [5.74, 6) is -10.2. The van der Waals surface area contributed by atoms with Crippen LogP contribution in [0.5, 0.6) is 5.75 Å². The Balaban J connectivity index is 1.21. The normalized spacial score (nSPS) is 20.3. The molecule has 14 amide bonds. The molecule has 7 rings (SSSR count). The number of hydrogen-bond acceptors (Lipinski definition) is 17. The lowest BCUT2D eigenvalue weighted by molar-refractivity contribution is -0.144. The molecule has 99 heavy (non-hydrogen) atoms. The van der Waals surface area contributed by atoms with Crippen LogP contribution in [0.3, 0.4) is 0 Å². The van der Waals surface area contributed by atoms with Crippen LogP contribution in [0.25, 0.3) is 10.9 Å². The number of unbranched alkanes of at least 4 members (excludes halogenated alkanes) is 1. The van der Waals surface area contributed by atoms with Gasteiger partial charge in [-0.05, 0) is 108 Å². The average molecular weight is 1370 g/mol. The van der Waals surface area contributed by atoms with Gasteiger partial charge >= 0.3 is 6.09 Å². The van der Waals surface area contributed by atoms with Gasteiger partial charge in [0.15, 0.2) is 0 Å². The minimum absolute atomic E-state index is 0.0162. The van der Waals surface area contributed by atoms with E-state index in [-0.39, 0.29) is 103 Å². The van der Waals surface area contributed by atoms with E-state index in [2.05, 4.69) is 52.8 Å². The van der Waals surface area contributed by atoms with Crippen LogP contribution in [-0.2, 0) is 86.3 Å². The largest absolute Gasteiger partial charge is 0.508 e. The van der Waals surface area contributed by atoms with Crippen LogP contribution >= 0.6 is 0 Å². The molecule has 4 heterocycles. The number of aromatic amines is 1. The van der Waals surface area contributed by atoms with Crippen LogP contribution in [0, 0.1) is 0 Å². The second-order valence-electron chi connectivity index (χ2n) is 25.4. The Morgan fingerprint density at radius 2 is 1.10 bits per heavy atom. The highest BCUT2D eigenvalue weighted by molar-refractivity contribution is 6.13. The number of ether oxygens (including phenoxy) is 1. The van der Waals surface area contributed by atoms with Crippen LogP contribution < -0.4 is 47.9 Å². The third-order valence-corrected chi connectivity index (χ3v) is 16.5. The number of rotatable bonds is 28. The van der Waals surface area contributed by atoms with Crippen molar-refractivity contribution in [3.8, 4) is 5.75 Å². The molecule has 0 radical (unpaired) electrons. The van der Waals surface area contributed by atoms with Crippen molar-refractivity contribution in [3.05, 3.63) is 126 Å². The molecule has 30 heteroatoms. The van der Waals surface area contributed by atoms with Crippen molar-refractivity contribution in [1.29, 1.82) is 0 Å². The number of aliphatic hydroxyl groups excluding tert-OH is 1. The number of aromatic hydroxyl groups is 1. The molecule has 0 saturated carbocycles. The number of nitrogens with one attached hydrogen (secondary N) is 10. The zero-order valence-corrected chi connectivity index (χ0v) is 55.9. The van der Waals surface area contributed by atoms with E-state index in [4.69, 9.17) is 4.74 Å². The molecule has 3 aliphatic heterocycles. The summed E-state index contributed by atoms with van der Waals surface area (Å²) < 4.78 is 5.35. The van der Waals surface area contributed by atoms with Gasteiger partial charge in [-0.25, -0.2) is 4.79 Å². The van der Waals surface area contributed by atoms with E-state index < -0.39 is 150 Å². The first-order valence-electron chi connectivity index (χ1n) is 32.9. The fourth-order valence-corrected chi connectivity index (χ4v) is 11.2. The number of likely N-dealkylation sites (N-methyl/N-ethyl adjacent to an activating group) is 1. The van der Waals surface area contributed by atoms with E-state index in [0.717, 1.165) is 39.0 Å². The maximum absolute atomic E-state index is 15.4. The molecule has 12 N–H and O–H groups in total. The molecule has 1 saturated heterocycles. The number of benzene rings is 3. The van der Waals surface area contributed by atoms with E-state index >= 15 is 19.2 Å². The number of carbonyl (C=O) groups excluding carboxylic acids is 14. The lowest BCUT2D eigenvalue weighted by atomic mass is 9.99. The molecule has 30 nitrogen and oxygen atoms in total. The summed E-state index contributed by atoms with van der Waals surface area (Å²) in [4.78, 5) is 199. The van der Waals surface area contributed by atoms with Crippen LogP contribution in [-0.4, -0.2) is 207 Å². The first-order chi connectivity index (χ1) is 47.1. The van der Waals surface area contributed by atoms with Crippen molar-refractivity contribution in [1.82, 2.24) is 67.5 Å². The van der Waals surface area contributed by atoms with Crippen molar-refractivity contribution in [2.75, 3.05) is 39.8 Å². The van der Waals surface area contributed by atoms with Crippen molar-refractivity contribution >= 4 is 93.8 Å². The molecular weight excluding hydrogens is 1280 g/mol. The van der Waals surface area contributed by atoms with Crippen LogP contribution in [0.2, 0.25) is 0 Å². The summed E-state index contributed by atoms with van der Waals surface area (Å²) in [6.45, 7) is 6.30. The number of phenolic OH excluding ortho intramolecular Hbond substituents is 1. The van der Waals surface area contributed by atoms with Crippen LogP contribution in [0.4, 0.5) is 4.79 Å². The fraction of sp³-hybridized carbons (Fsp3) is 0.449. The maximum atomic E-state index is 15.4. The number of imide groups is 2. The molecule has 1 fully saturated rings. The number of nitrogens with zero attached hydrogens (tertiary/aromatic N) is 3. The summed E-state index contributed by atoms with van der Waals surface area (Å²) in [6.07, 6.45) is 1.83. The molecule has 3 aliphatic rings. The highest BCUT2D eigenvalue weighted by Crippen LogP contribution is 2.22. The van der Waals surface area contributed by atoms with E-state index in [1.165, 1.54) is 38.2 Å². The molecule has 0 unspecified atom stereocenters. The van der Waals surface area contributed by atoms with Gasteiger partial charge in [-0.15, -0.1) is 0 Å². The lowest BCUT2D eigenvalue weighted by Crippen LogP contribution is -2.63. The topological polar surface area (TPSA) is 422 Å². The number of alkyl carbamates (subject to hydrolysis) is 1. The molecule has 4 aromatic rings. The van der Waals surface area contributed by atoms with Crippen molar-refractivity contribution < 1.29 is 82.1 Å². The first-order valence-corrected chi connectivity index (χ1v) is 32.9. The van der Waals surface area contributed by atoms with Crippen LogP contribution in [0.15, 0.2) is 109 Å². The minimum atomic E-state index is -1.80. The first kappa shape index (κ1) is 75.6. The highest BCUT2D eigenvalue weighted by Gasteiger charge is 2.39. The predicted octanol–water partition coefficient (Wildman–Crippen LogP) is 0.150. The van der Waals surface area contributed by atoms with E-state index in [0.29, 0.717) is 27.6 Å². The average Bonchev–Trinajstić information content (AvgIpc) is 1.81. The number of aliphatic hydroxyl groups is 1. The minimum Gasteiger partial charge on any atom is -0.508 e. The number of amides is 14. The van der Waals surface area contributed by atoms with Gasteiger partial charge < -0.3 is 72.7 Å². The molecular formula is C69H87N13O17. The number of aromatic nitrogens is 1. The van der Waals surface area contributed by atoms with Crippen molar-refractivity contribution in [2.45, 2.75) is 159 Å². The third-order valence-electron chi connectivity index (χ3n) is 16.5. The van der Waals surface area contributed by atoms with Gasteiger partial charge in [0.25, 0.3) is 23.6 Å². The van der Waals surface area contributed by atoms with Gasteiger partial charge in [-0.2, -0.15) is 0 Å². The Bertz CT molecular complexity index is 3640. The molecule has 1 aromatic heterocycles. The van der Waals surface area contributed by atoms with Gasteiger partial charge in [0.2, 0.25) is 53.2 Å². The molecule has 530 valence electrons. The molecule has 0 aliphatic carbocycles. The fourth-order valence-electron chi connectivity index (χ4n) is 11.2. The maximum Gasteiger partial charge on any atom is 0.407 e. The summed E-state index contributed by atoms with van der Waals surface area (Å²) in [5, 5.41) is 46.3. The van der Waals surface area contributed by atoms with Gasteiger partial charge in [0.05, 0.1) is 6.10 Å². The Morgan fingerprint density at radius 1 is 0.566 bits per heavy atom. The summed E-state index contributed by atoms with van der Waals surface area (Å²) in [7, 11) is 1.22. The van der Waals surface area contributed by atoms with Gasteiger partial charge in [0.1, 0.15) is 53.6 Å². The smallest absolute Gasteiger partial charge is 0.407 e. The number of hydrogen-bond donors (Lipinski definition) is 12. The summed E-state index contributed by atoms with van der Waals surface area (Å²) in [6, 6.07) is 10.0. The molecule has 8 atom stereocenters. The second-order valence-corrected chi connectivity index (χ2v) is 25.4. The van der Waals surface area contributed by atoms with E-state index in [9.17, 15) is 58.2 Å². The van der Waals surface area contributed by atoms with E-state index in [1.54, 1.807) is 81.6 Å². The Hall–Kier alpha value is -10.8. The second kappa shape index (κ2) is 36.0. The molecule has 0 bridgehead atoms. The monoisotopic (exact) mass is 1370 g/mol. The van der Waals surface area contributed by atoms with Gasteiger partial charge in [-0.3, -0.25) is 72.1 Å². The standard InChI is InChI=1S/C69H87N13O17/c1-41(83)60-66(96)78-52(38-42-15-7-6-8-16-42)67(97)80(5)53(25-27-55(86)74-49(61(91)71-34-14-36-82-58(89)30-31-59(82)90)24-26-54(85)70-33-13-35-81-56(87)28-29-57(81)88)65(95)77-50(37-43-20-22-45(84)23-21-43)63(93)76-51(39-44-40-73-47-18-10-9-17-46(44)47)64(94)75-48(62(92)79-60)19-11-12-32-72-68(98)99-69(2,3)4/h6-10,15-18,20-23,28-31,40-41,48-53,60,73,83-84H,11-14,19,24-27,32-39H2,1-5H3,(H,70,85)(H,71,91)(H,72,98)(H,74,86)(H,75,94)(H,76,93)(H,77,95)(H,78,96)(H,79,92)/t41-,48+,49+,50+,51-,52+,53+,60+/m1/s1. The van der Waals surface area contributed by atoms with E-state index in [1.807, 2.05) is 0 Å². The summed E-state index contributed by atoms with van der Waals surface area (Å²) >= 11 is 0. The molecule has 0 spiro atoms. The zero-order chi connectivity index (χ0) is 71.9. The predicted molar refractivity (Wildman–Crippen MR) is 357 cm³/mol. The Labute approximate surface area is 571 Å².